The van der Waals surface area contributed by atoms with Crippen molar-refractivity contribution in [3.63, 3.8) is 0 Å². The minimum absolute atomic E-state index is 0.122. The van der Waals surface area contributed by atoms with Crippen molar-refractivity contribution in [2.24, 2.45) is 0 Å². The largest absolute Gasteiger partial charge is 0.454 e. The summed E-state index contributed by atoms with van der Waals surface area (Å²) in [6, 6.07) is 17.8. The maximum Gasteiger partial charge on any atom is 0.251 e. The van der Waals surface area contributed by atoms with Gasteiger partial charge in [-0.3, -0.25) is 4.79 Å². The molecule has 29 heavy (non-hydrogen) atoms. The van der Waals surface area contributed by atoms with E-state index in [4.69, 9.17) is 9.47 Å². The molecule has 0 saturated carbocycles. The smallest absolute Gasteiger partial charge is 0.251 e. The summed E-state index contributed by atoms with van der Waals surface area (Å²) in [7, 11) is 0. The molecular formula is C23H21N3O3. The van der Waals surface area contributed by atoms with E-state index in [1.807, 2.05) is 24.3 Å². The fourth-order valence-corrected chi connectivity index (χ4v) is 3.76. The van der Waals surface area contributed by atoms with Crippen molar-refractivity contribution in [3.8, 4) is 11.5 Å². The summed E-state index contributed by atoms with van der Waals surface area (Å²) in [5, 5.41) is 2.97. The number of carbonyl (C=O) groups excluding carboxylic acids is 1. The van der Waals surface area contributed by atoms with Gasteiger partial charge in [0.05, 0.1) is 0 Å². The van der Waals surface area contributed by atoms with Crippen LogP contribution in [0.2, 0.25) is 0 Å². The number of carbonyl (C=O) groups is 1. The summed E-state index contributed by atoms with van der Waals surface area (Å²) in [4.78, 5) is 19.4. The van der Waals surface area contributed by atoms with Crippen LogP contribution in [-0.4, -0.2) is 24.2 Å². The second-order valence-electron chi connectivity index (χ2n) is 7.21. The molecule has 3 aromatic rings. The minimum atomic E-state index is -0.122. The van der Waals surface area contributed by atoms with Gasteiger partial charge in [-0.1, -0.05) is 30.3 Å². The van der Waals surface area contributed by atoms with Crippen LogP contribution >= 0.6 is 0 Å². The molecule has 2 aliphatic rings. The third-order valence-electron chi connectivity index (χ3n) is 5.35. The third-order valence-corrected chi connectivity index (χ3v) is 5.35. The van der Waals surface area contributed by atoms with Crippen LogP contribution < -0.4 is 19.7 Å². The number of anilines is 1. The fraction of sp³-hybridized carbons (Fsp3) is 0.217. The Hall–Kier alpha value is -3.54. The lowest BCUT2D eigenvalue weighted by Gasteiger charge is -2.29. The summed E-state index contributed by atoms with van der Waals surface area (Å²) in [5.74, 6) is 2.16. The first-order valence-corrected chi connectivity index (χ1v) is 9.71. The molecule has 0 radical (unpaired) electrons. The number of amides is 1. The van der Waals surface area contributed by atoms with Gasteiger partial charge >= 0.3 is 0 Å². The van der Waals surface area contributed by atoms with Crippen LogP contribution in [0.1, 0.15) is 27.0 Å². The van der Waals surface area contributed by atoms with Gasteiger partial charge in [-0.05, 0) is 47.4 Å². The lowest BCUT2D eigenvalue weighted by Crippen LogP contribution is -2.31. The molecule has 0 spiro atoms. The quantitative estimate of drug-likeness (QED) is 0.744. The highest BCUT2D eigenvalue weighted by atomic mass is 16.7. The van der Waals surface area contributed by atoms with Crippen molar-refractivity contribution in [1.82, 2.24) is 10.3 Å². The highest BCUT2D eigenvalue weighted by Crippen LogP contribution is 2.32. The highest BCUT2D eigenvalue weighted by molar-refractivity contribution is 5.94. The van der Waals surface area contributed by atoms with Crippen LogP contribution in [0.5, 0.6) is 11.5 Å². The summed E-state index contributed by atoms with van der Waals surface area (Å²) in [6.45, 7) is 2.37. The molecule has 5 rings (SSSR count). The van der Waals surface area contributed by atoms with Gasteiger partial charge in [-0.15, -0.1) is 0 Å². The number of nitrogens with one attached hydrogen (secondary N) is 1. The SMILES string of the molecule is O=C(NCc1ccc2c(c1)OCO2)c1ccnc(N2CCc3ccccc3C2)c1. The number of nitrogens with zero attached hydrogens (tertiary/aromatic N) is 2. The molecule has 0 aliphatic carbocycles. The van der Waals surface area contributed by atoms with Crippen LogP contribution in [0, 0.1) is 0 Å². The molecule has 0 fully saturated rings. The molecule has 2 aliphatic heterocycles. The van der Waals surface area contributed by atoms with Gasteiger partial charge in [-0.2, -0.15) is 0 Å². The van der Waals surface area contributed by atoms with Crippen molar-refractivity contribution in [1.29, 1.82) is 0 Å². The Labute approximate surface area is 169 Å². The van der Waals surface area contributed by atoms with Gasteiger partial charge in [-0.25, -0.2) is 4.98 Å². The molecule has 0 unspecified atom stereocenters. The molecule has 1 amide bonds. The van der Waals surface area contributed by atoms with Crippen LogP contribution in [0.3, 0.4) is 0 Å². The first-order valence-electron chi connectivity index (χ1n) is 9.71. The van der Waals surface area contributed by atoms with Crippen molar-refractivity contribution in [2.75, 3.05) is 18.2 Å². The molecule has 0 saturated heterocycles. The van der Waals surface area contributed by atoms with Gasteiger partial charge in [0.15, 0.2) is 11.5 Å². The zero-order chi connectivity index (χ0) is 19.6. The topological polar surface area (TPSA) is 63.7 Å². The van der Waals surface area contributed by atoms with Crippen LogP contribution in [0.4, 0.5) is 5.82 Å². The molecule has 1 N–H and O–H groups in total. The second kappa shape index (κ2) is 7.47. The standard InChI is InChI=1S/C23H21N3O3/c27-23(25-13-16-5-6-20-21(11-16)29-15-28-20)18-7-9-24-22(12-18)26-10-8-17-3-1-2-4-19(17)14-26/h1-7,9,11-12H,8,10,13-15H2,(H,25,27). The number of ether oxygens (including phenoxy) is 2. The van der Waals surface area contributed by atoms with Crippen LogP contribution in [-0.2, 0) is 19.5 Å². The number of benzene rings is 2. The predicted octanol–water partition coefficient (Wildman–Crippen LogP) is 3.30. The maximum absolute atomic E-state index is 12.7. The molecule has 6 nitrogen and oxygen atoms in total. The Morgan fingerprint density at radius 1 is 1.03 bits per heavy atom. The molecular weight excluding hydrogens is 366 g/mol. The molecule has 6 heteroatoms. The van der Waals surface area contributed by atoms with Crippen molar-refractivity contribution >= 4 is 11.7 Å². The summed E-state index contributed by atoms with van der Waals surface area (Å²) in [5.41, 5.74) is 4.28. The van der Waals surface area contributed by atoms with Gasteiger partial charge < -0.3 is 19.7 Å². The minimum Gasteiger partial charge on any atom is -0.454 e. The Morgan fingerprint density at radius 2 is 1.90 bits per heavy atom. The van der Waals surface area contributed by atoms with E-state index in [0.29, 0.717) is 17.9 Å². The first-order chi connectivity index (χ1) is 14.3. The van der Waals surface area contributed by atoms with E-state index >= 15 is 0 Å². The normalized spacial score (nSPS) is 14.4. The molecule has 0 bridgehead atoms. The summed E-state index contributed by atoms with van der Waals surface area (Å²) < 4.78 is 10.7. The number of hydrogen-bond acceptors (Lipinski definition) is 5. The molecule has 1 aromatic heterocycles. The van der Waals surface area contributed by atoms with E-state index in [1.165, 1.54) is 11.1 Å². The molecule has 0 atom stereocenters. The predicted molar refractivity (Wildman–Crippen MR) is 109 cm³/mol. The number of hydrogen-bond donors (Lipinski definition) is 1. The Kier molecular flexibility index (Phi) is 4.52. The average molecular weight is 387 g/mol. The molecule has 2 aromatic carbocycles. The van der Waals surface area contributed by atoms with E-state index in [9.17, 15) is 4.79 Å². The number of fused-ring (bicyclic) bond motifs is 2. The summed E-state index contributed by atoms with van der Waals surface area (Å²) in [6.07, 6.45) is 2.68. The Bertz CT molecular complexity index is 1070. The Balaban J connectivity index is 1.26. The average Bonchev–Trinajstić information content (AvgIpc) is 3.25. The van der Waals surface area contributed by atoms with Gasteiger partial charge in [0.1, 0.15) is 5.82 Å². The van der Waals surface area contributed by atoms with Gasteiger partial charge in [0.25, 0.3) is 5.91 Å². The maximum atomic E-state index is 12.7. The van der Waals surface area contributed by atoms with E-state index in [2.05, 4.69) is 39.5 Å². The number of rotatable bonds is 4. The zero-order valence-electron chi connectivity index (χ0n) is 15.9. The van der Waals surface area contributed by atoms with Gasteiger partial charge in [0.2, 0.25) is 6.79 Å². The fourth-order valence-electron chi connectivity index (χ4n) is 3.76. The van der Waals surface area contributed by atoms with E-state index < -0.39 is 0 Å². The second-order valence-corrected chi connectivity index (χ2v) is 7.21. The lowest BCUT2D eigenvalue weighted by molar-refractivity contribution is 0.0950. The first kappa shape index (κ1) is 17.6. The van der Waals surface area contributed by atoms with Gasteiger partial charge in [0, 0.05) is 31.4 Å². The lowest BCUT2D eigenvalue weighted by atomic mass is 10.00. The van der Waals surface area contributed by atoms with E-state index in [0.717, 1.165) is 36.6 Å². The Morgan fingerprint density at radius 3 is 2.83 bits per heavy atom. The molecule has 146 valence electrons. The molecule has 3 heterocycles. The van der Waals surface area contributed by atoms with Crippen LogP contribution in [0.25, 0.3) is 0 Å². The van der Waals surface area contributed by atoms with E-state index in [1.54, 1.807) is 12.3 Å². The monoisotopic (exact) mass is 387 g/mol. The number of aromatic nitrogens is 1. The van der Waals surface area contributed by atoms with Crippen LogP contribution in [0.15, 0.2) is 60.8 Å². The van der Waals surface area contributed by atoms with Crippen molar-refractivity contribution < 1.29 is 14.3 Å². The zero-order valence-corrected chi connectivity index (χ0v) is 15.9. The third kappa shape index (κ3) is 3.61. The summed E-state index contributed by atoms with van der Waals surface area (Å²) >= 11 is 0. The van der Waals surface area contributed by atoms with Crippen molar-refractivity contribution in [2.45, 2.75) is 19.5 Å². The number of pyridine rings is 1. The van der Waals surface area contributed by atoms with Crippen molar-refractivity contribution in [3.05, 3.63) is 83.0 Å². The van der Waals surface area contributed by atoms with E-state index in [-0.39, 0.29) is 12.7 Å². The highest BCUT2D eigenvalue weighted by Gasteiger charge is 2.18.